The van der Waals surface area contributed by atoms with E-state index in [1.807, 2.05) is 30.7 Å². The van der Waals surface area contributed by atoms with E-state index in [2.05, 4.69) is 55.5 Å². The lowest BCUT2D eigenvalue weighted by atomic mass is 10.1. The normalized spacial score (nSPS) is 11.3. The zero-order valence-electron chi connectivity index (χ0n) is 15.7. The van der Waals surface area contributed by atoms with Crippen molar-refractivity contribution in [3.05, 3.63) is 83.9 Å². The highest BCUT2D eigenvalue weighted by Gasteiger charge is 2.02. The van der Waals surface area contributed by atoms with Gasteiger partial charge in [0.15, 0.2) is 5.96 Å². The largest absolute Gasteiger partial charge is 0.497 e. The Hall–Kier alpha value is -3.28. The molecule has 0 unspecified atom stereocenters. The molecule has 3 rings (SSSR count). The van der Waals surface area contributed by atoms with Crippen molar-refractivity contribution in [3.63, 3.8) is 0 Å². The molecule has 0 aliphatic heterocycles. The Labute approximate surface area is 159 Å². The van der Waals surface area contributed by atoms with Gasteiger partial charge in [-0.05, 0) is 28.8 Å². The molecule has 0 atom stereocenters. The summed E-state index contributed by atoms with van der Waals surface area (Å²) in [5.74, 6) is 1.62. The maximum absolute atomic E-state index is 5.26. The number of aromatic nitrogens is 2. The lowest BCUT2D eigenvalue weighted by Gasteiger charge is -2.13. The quantitative estimate of drug-likeness (QED) is 0.500. The van der Waals surface area contributed by atoms with Crippen LogP contribution < -0.4 is 15.4 Å². The van der Waals surface area contributed by atoms with Crippen LogP contribution in [-0.4, -0.2) is 29.7 Å². The first-order valence-electron chi connectivity index (χ1n) is 8.88. The Bertz CT molecular complexity index is 874. The molecule has 0 radical (unpaired) electrons. The topological polar surface area (TPSA) is 63.5 Å². The van der Waals surface area contributed by atoms with Crippen molar-refractivity contribution in [2.45, 2.75) is 19.6 Å². The molecule has 0 amide bonds. The van der Waals surface area contributed by atoms with Gasteiger partial charge in [-0.25, -0.2) is 4.98 Å². The predicted molar refractivity (Wildman–Crippen MR) is 108 cm³/mol. The van der Waals surface area contributed by atoms with Gasteiger partial charge in [0.1, 0.15) is 5.75 Å². The summed E-state index contributed by atoms with van der Waals surface area (Å²) in [6, 6.07) is 16.5. The van der Waals surface area contributed by atoms with Crippen molar-refractivity contribution in [1.29, 1.82) is 0 Å². The van der Waals surface area contributed by atoms with E-state index in [9.17, 15) is 0 Å². The summed E-state index contributed by atoms with van der Waals surface area (Å²) in [5.41, 5.74) is 3.59. The highest BCUT2D eigenvalue weighted by atomic mass is 16.5. The number of methoxy groups -OCH3 is 1. The molecule has 2 aromatic carbocycles. The van der Waals surface area contributed by atoms with Gasteiger partial charge in [0.25, 0.3) is 0 Å². The van der Waals surface area contributed by atoms with Crippen LogP contribution in [0.2, 0.25) is 0 Å². The third-order valence-corrected chi connectivity index (χ3v) is 4.19. The van der Waals surface area contributed by atoms with Crippen molar-refractivity contribution in [2.24, 2.45) is 4.99 Å². The molecule has 1 heterocycles. The summed E-state index contributed by atoms with van der Waals surface area (Å²) in [7, 11) is 3.45. The number of hydrogen-bond acceptors (Lipinski definition) is 3. The number of guanidine groups is 1. The monoisotopic (exact) mass is 363 g/mol. The second-order valence-electron chi connectivity index (χ2n) is 6.19. The number of aliphatic imine (C=N–C) groups is 1. The lowest BCUT2D eigenvalue weighted by molar-refractivity contribution is 0.414. The molecule has 0 fully saturated rings. The number of ether oxygens (including phenoxy) is 1. The summed E-state index contributed by atoms with van der Waals surface area (Å²) in [6.45, 7) is 2.20. The Morgan fingerprint density at radius 3 is 2.41 bits per heavy atom. The van der Waals surface area contributed by atoms with Crippen LogP contribution in [0.3, 0.4) is 0 Å². The summed E-state index contributed by atoms with van der Waals surface area (Å²) in [4.78, 5) is 8.38. The molecule has 0 bridgehead atoms. The second kappa shape index (κ2) is 9.43. The molecule has 0 saturated carbocycles. The molecular weight excluding hydrogens is 338 g/mol. The number of nitrogens with one attached hydrogen (secondary N) is 2. The first kappa shape index (κ1) is 18.5. The van der Waals surface area contributed by atoms with Crippen LogP contribution in [0, 0.1) is 0 Å². The van der Waals surface area contributed by atoms with Crippen molar-refractivity contribution < 1.29 is 4.74 Å². The summed E-state index contributed by atoms with van der Waals surface area (Å²) in [5, 5.41) is 6.69. The minimum Gasteiger partial charge on any atom is -0.497 e. The van der Waals surface area contributed by atoms with Crippen molar-refractivity contribution in [2.75, 3.05) is 14.2 Å². The molecule has 3 aromatic rings. The molecule has 0 spiro atoms. The molecule has 6 nitrogen and oxygen atoms in total. The molecule has 27 heavy (non-hydrogen) atoms. The zero-order valence-corrected chi connectivity index (χ0v) is 15.7. The first-order valence-corrected chi connectivity index (χ1v) is 8.88. The Morgan fingerprint density at radius 1 is 1.04 bits per heavy atom. The highest BCUT2D eigenvalue weighted by Crippen LogP contribution is 2.12. The number of benzene rings is 2. The van der Waals surface area contributed by atoms with Crippen LogP contribution in [0.5, 0.6) is 5.75 Å². The van der Waals surface area contributed by atoms with Crippen molar-refractivity contribution in [1.82, 2.24) is 20.2 Å². The molecule has 140 valence electrons. The van der Waals surface area contributed by atoms with E-state index in [0.717, 1.165) is 23.8 Å². The van der Waals surface area contributed by atoms with Crippen molar-refractivity contribution >= 4 is 5.96 Å². The first-order chi connectivity index (χ1) is 13.3. The lowest BCUT2D eigenvalue weighted by Crippen LogP contribution is -2.36. The number of rotatable bonds is 7. The minimum atomic E-state index is 0.678. The van der Waals surface area contributed by atoms with E-state index in [-0.39, 0.29) is 0 Å². The number of imidazole rings is 1. The number of hydrogen-bond donors (Lipinski definition) is 2. The van der Waals surface area contributed by atoms with Gasteiger partial charge in [0.05, 0.1) is 13.4 Å². The Morgan fingerprint density at radius 2 is 1.74 bits per heavy atom. The minimum absolute atomic E-state index is 0.678. The van der Waals surface area contributed by atoms with E-state index in [1.165, 1.54) is 11.1 Å². The summed E-state index contributed by atoms with van der Waals surface area (Å²) < 4.78 is 7.32. The molecule has 0 aliphatic rings. The molecular formula is C21H25N5O. The van der Waals surface area contributed by atoms with Crippen LogP contribution in [0.15, 0.2) is 72.2 Å². The van der Waals surface area contributed by atoms with Crippen LogP contribution in [0.1, 0.15) is 16.7 Å². The summed E-state index contributed by atoms with van der Waals surface area (Å²) >= 11 is 0. The average Bonchev–Trinajstić information content (AvgIpc) is 3.21. The zero-order chi connectivity index (χ0) is 18.9. The smallest absolute Gasteiger partial charge is 0.191 e. The maximum atomic E-state index is 5.26. The maximum Gasteiger partial charge on any atom is 0.191 e. The third-order valence-electron chi connectivity index (χ3n) is 4.19. The van der Waals surface area contributed by atoms with E-state index >= 15 is 0 Å². The fourth-order valence-corrected chi connectivity index (χ4v) is 2.80. The van der Waals surface area contributed by atoms with Crippen molar-refractivity contribution in [3.8, 4) is 5.75 Å². The molecule has 6 heteroatoms. The van der Waals surface area contributed by atoms with Crippen LogP contribution >= 0.6 is 0 Å². The Balaban J connectivity index is 1.53. The standard InChI is InChI=1S/C21H25N5O/c1-22-21(25-14-18-6-4-8-20(12-18)27-2)24-13-17-5-3-7-19(11-17)15-26-10-9-23-16-26/h3-12,16H,13-15H2,1-2H3,(H2,22,24,25). The van der Waals surface area contributed by atoms with E-state index in [4.69, 9.17) is 4.74 Å². The molecule has 2 N–H and O–H groups in total. The van der Waals surface area contributed by atoms with Gasteiger partial charge >= 0.3 is 0 Å². The van der Waals surface area contributed by atoms with Crippen LogP contribution in [0.25, 0.3) is 0 Å². The molecule has 0 saturated heterocycles. The highest BCUT2D eigenvalue weighted by molar-refractivity contribution is 5.79. The van der Waals surface area contributed by atoms with Gasteiger partial charge in [-0.15, -0.1) is 0 Å². The van der Waals surface area contributed by atoms with E-state index < -0.39 is 0 Å². The van der Waals surface area contributed by atoms with E-state index in [0.29, 0.717) is 13.1 Å². The SMILES string of the molecule is CN=C(NCc1cccc(Cn2ccnc2)c1)NCc1cccc(OC)c1. The average molecular weight is 363 g/mol. The van der Waals surface area contributed by atoms with Gasteiger partial charge in [0, 0.05) is 39.1 Å². The van der Waals surface area contributed by atoms with Gasteiger partial charge in [-0.2, -0.15) is 0 Å². The van der Waals surface area contributed by atoms with Crippen LogP contribution in [0.4, 0.5) is 0 Å². The Kier molecular flexibility index (Phi) is 6.46. The fourth-order valence-electron chi connectivity index (χ4n) is 2.80. The fraction of sp³-hybridized carbons (Fsp3) is 0.238. The predicted octanol–water partition coefficient (Wildman–Crippen LogP) is 2.81. The van der Waals surface area contributed by atoms with E-state index in [1.54, 1.807) is 20.4 Å². The van der Waals surface area contributed by atoms with Gasteiger partial charge in [-0.3, -0.25) is 4.99 Å². The van der Waals surface area contributed by atoms with Gasteiger partial charge in [-0.1, -0.05) is 36.4 Å². The third kappa shape index (κ3) is 5.60. The van der Waals surface area contributed by atoms with Gasteiger partial charge < -0.3 is 19.9 Å². The second-order valence-corrected chi connectivity index (χ2v) is 6.19. The van der Waals surface area contributed by atoms with Crippen LogP contribution in [-0.2, 0) is 19.6 Å². The van der Waals surface area contributed by atoms with Gasteiger partial charge in [0.2, 0.25) is 0 Å². The molecule has 1 aromatic heterocycles. The number of nitrogens with zero attached hydrogens (tertiary/aromatic N) is 3. The summed E-state index contributed by atoms with van der Waals surface area (Å²) in [6.07, 6.45) is 5.59. The molecule has 0 aliphatic carbocycles.